The minimum atomic E-state index is -1.07. The monoisotopic (exact) mass is 264 g/mol. The summed E-state index contributed by atoms with van der Waals surface area (Å²) in [7, 11) is 0. The van der Waals surface area contributed by atoms with E-state index in [9.17, 15) is 9.59 Å². The molecule has 0 aromatic heterocycles. The largest absolute Gasteiger partial charge is 0.479 e. The van der Waals surface area contributed by atoms with Crippen molar-refractivity contribution >= 4 is 18.0 Å². The molecule has 0 saturated carbocycles. The molecule has 0 aliphatic rings. The number of benzene rings is 1. The molecule has 5 nitrogen and oxygen atoms in total. The van der Waals surface area contributed by atoms with Gasteiger partial charge in [-0.25, -0.2) is 9.59 Å². The fourth-order valence-corrected chi connectivity index (χ4v) is 1.58. The van der Waals surface area contributed by atoms with Gasteiger partial charge in [0.15, 0.2) is 6.10 Å². The molecule has 0 saturated heterocycles. The second-order valence-corrected chi connectivity index (χ2v) is 4.02. The lowest BCUT2D eigenvalue weighted by Crippen LogP contribution is -2.26. The van der Waals surface area contributed by atoms with Crippen LogP contribution in [0.25, 0.3) is 6.08 Å². The Hall–Kier alpha value is -2.30. The maximum absolute atomic E-state index is 11.0. The van der Waals surface area contributed by atoms with E-state index in [1.807, 2.05) is 0 Å². The van der Waals surface area contributed by atoms with Crippen LogP contribution in [0.5, 0.6) is 5.75 Å². The Kier molecular flexibility index (Phi) is 5.11. The average Bonchev–Trinajstić information content (AvgIpc) is 2.34. The number of carboxylic acids is 2. The Balaban J connectivity index is 3.10. The number of aliphatic carboxylic acids is 2. The molecule has 1 atom stereocenters. The minimum Gasteiger partial charge on any atom is -0.479 e. The van der Waals surface area contributed by atoms with Crippen LogP contribution < -0.4 is 4.74 Å². The van der Waals surface area contributed by atoms with E-state index >= 15 is 0 Å². The molecule has 0 bridgehead atoms. The van der Waals surface area contributed by atoms with E-state index in [-0.39, 0.29) is 0 Å². The Morgan fingerprint density at radius 3 is 2.58 bits per heavy atom. The first-order valence-corrected chi connectivity index (χ1v) is 5.85. The summed E-state index contributed by atoms with van der Waals surface area (Å²) in [6.45, 7) is 3.49. The first kappa shape index (κ1) is 14.8. The van der Waals surface area contributed by atoms with Crippen molar-refractivity contribution < 1.29 is 24.5 Å². The Morgan fingerprint density at radius 2 is 2.05 bits per heavy atom. The van der Waals surface area contributed by atoms with Gasteiger partial charge in [0, 0.05) is 11.6 Å². The first-order chi connectivity index (χ1) is 8.95. The highest BCUT2D eigenvalue weighted by Crippen LogP contribution is 2.26. The van der Waals surface area contributed by atoms with Gasteiger partial charge in [0.05, 0.1) is 0 Å². The molecular formula is C14H16O5. The second-order valence-electron chi connectivity index (χ2n) is 4.02. The van der Waals surface area contributed by atoms with Gasteiger partial charge in [-0.15, -0.1) is 0 Å². The van der Waals surface area contributed by atoms with Crippen molar-refractivity contribution in [3.63, 3.8) is 0 Å². The molecule has 102 valence electrons. The molecule has 19 heavy (non-hydrogen) atoms. The molecule has 1 aromatic carbocycles. The molecule has 0 heterocycles. The summed E-state index contributed by atoms with van der Waals surface area (Å²) in [5.41, 5.74) is 1.30. The number of hydrogen-bond acceptors (Lipinski definition) is 3. The van der Waals surface area contributed by atoms with Crippen molar-refractivity contribution in [3.05, 3.63) is 35.4 Å². The molecule has 0 aliphatic carbocycles. The third-order valence-corrected chi connectivity index (χ3v) is 2.55. The smallest absolute Gasteiger partial charge is 0.344 e. The summed E-state index contributed by atoms with van der Waals surface area (Å²) in [5, 5.41) is 17.6. The molecule has 1 unspecified atom stereocenters. The van der Waals surface area contributed by atoms with Crippen LogP contribution >= 0.6 is 0 Å². The topological polar surface area (TPSA) is 83.8 Å². The number of carbonyl (C=O) groups is 2. The third-order valence-electron chi connectivity index (χ3n) is 2.55. The number of rotatable bonds is 6. The van der Waals surface area contributed by atoms with E-state index in [0.29, 0.717) is 17.7 Å². The maximum Gasteiger partial charge on any atom is 0.344 e. The van der Waals surface area contributed by atoms with Crippen LogP contribution in [-0.2, 0) is 9.59 Å². The SMILES string of the molecule is CCC(Oc1c(C)cccc1/C=C/C(=O)O)C(=O)O. The van der Waals surface area contributed by atoms with Crippen molar-refractivity contribution in [2.24, 2.45) is 0 Å². The third kappa shape index (κ3) is 4.13. The fraction of sp³-hybridized carbons (Fsp3) is 0.286. The molecule has 0 aliphatic heterocycles. The van der Waals surface area contributed by atoms with Crippen molar-refractivity contribution in [2.75, 3.05) is 0 Å². The van der Waals surface area contributed by atoms with E-state index in [2.05, 4.69) is 0 Å². The highest BCUT2D eigenvalue weighted by molar-refractivity contribution is 5.86. The molecule has 0 radical (unpaired) electrons. The average molecular weight is 264 g/mol. The molecule has 5 heteroatoms. The van der Waals surface area contributed by atoms with Crippen LogP contribution in [0.15, 0.2) is 24.3 Å². The molecule has 0 amide bonds. The molecule has 1 rings (SSSR count). The van der Waals surface area contributed by atoms with Crippen LogP contribution in [-0.4, -0.2) is 28.3 Å². The van der Waals surface area contributed by atoms with E-state index in [1.54, 1.807) is 32.0 Å². The summed E-state index contributed by atoms with van der Waals surface area (Å²) in [6.07, 6.45) is 1.76. The predicted octanol–water partition coefficient (Wildman–Crippen LogP) is 2.33. The second kappa shape index (κ2) is 6.58. The number of carboxylic acid groups (broad SMARTS) is 2. The van der Waals surface area contributed by atoms with Gasteiger partial charge in [-0.1, -0.05) is 25.1 Å². The van der Waals surface area contributed by atoms with Crippen LogP contribution in [0.3, 0.4) is 0 Å². The lowest BCUT2D eigenvalue weighted by atomic mass is 10.1. The van der Waals surface area contributed by atoms with Gasteiger partial charge < -0.3 is 14.9 Å². The quantitative estimate of drug-likeness (QED) is 0.770. The molecule has 0 spiro atoms. The molecule has 1 aromatic rings. The normalized spacial score (nSPS) is 12.3. The van der Waals surface area contributed by atoms with E-state index in [1.165, 1.54) is 6.08 Å². The van der Waals surface area contributed by atoms with Gasteiger partial charge >= 0.3 is 11.9 Å². The number of ether oxygens (including phenoxy) is 1. The molecule has 2 N–H and O–H groups in total. The first-order valence-electron chi connectivity index (χ1n) is 5.85. The van der Waals surface area contributed by atoms with Crippen molar-refractivity contribution in [1.82, 2.24) is 0 Å². The standard InChI is InChI=1S/C14H16O5/c1-3-11(14(17)18)19-13-9(2)5-4-6-10(13)7-8-12(15)16/h4-8,11H,3H2,1-2H3,(H,15,16)(H,17,18)/b8-7+. The number of para-hydroxylation sites is 1. The summed E-state index contributed by atoms with van der Waals surface area (Å²) in [6, 6.07) is 5.21. The predicted molar refractivity (Wildman–Crippen MR) is 70.2 cm³/mol. The maximum atomic E-state index is 11.0. The van der Waals surface area contributed by atoms with Crippen LogP contribution in [0.2, 0.25) is 0 Å². The van der Waals surface area contributed by atoms with Crippen molar-refractivity contribution in [2.45, 2.75) is 26.4 Å². The zero-order valence-corrected chi connectivity index (χ0v) is 10.8. The minimum absolute atomic E-state index is 0.325. The summed E-state index contributed by atoms with van der Waals surface area (Å²) in [4.78, 5) is 21.5. The van der Waals surface area contributed by atoms with Crippen molar-refractivity contribution in [1.29, 1.82) is 0 Å². The van der Waals surface area contributed by atoms with Crippen LogP contribution in [0.1, 0.15) is 24.5 Å². The fourth-order valence-electron chi connectivity index (χ4n) is 1.58. The number of hydrogen-bond donors (Lipinski definition) is 2. The van der Waals surface area contributed by atoms with Gasteiger partial charge in [0.1, 0.15) is 5.75 Å². The van der Waals surface area contributed by atoms with Gasteiger partial charge in [-0.2, -0.15) is 0 Å². The van der Waals surface area contributed by atoms with Gasteiger partial charge in [-0.05, 0) is 25.0 Å². The zero-order chi connectivity index (χ0) is 14.4. The van der Waals surface area contributed by atoms with Crippen molar-refractivity contribution in [3.8, 4) is 5.75 Å². The Morgan fingerprint density at radius 1 is 1.37 bits per heavy atom. The Labute approximate surface area is 111 Å². The molecular weight excluding hydrogens is 248 g/mol. The van der Waals surface area contributed by atoms with Crippen LogP contribution in [0, 0.1) is 6.92 Å². The lowest BCUT2D eigenvalue weighted by molar-refractivity contribution is -0.145. The lowest BCUT2D eigenvalue weighted by Gasteiger charge is -2.17. The zero-order valence-electron chi connectivity index (χ0n) is 10.8. The van der Waals surface area contributed by atoms with Gasteiger partial charge in [-0.3, -0.25) is 0 Å². The summed E-state index contributed by atoms with van der Waals surface area (Å²) < 4.78 is 5.48. The Bertz CT molecular complexity index is 505. The highest BCUT2D eigenvalue weighted by atomic mass is 16.5. The highest BCUT2D eigenvalue weighted by Gasteiger charge is 2.19. The van der Waals surface area contributed by atoms with E-state index < -0.39 is 18.0 Å². The van der Waals surface area contributed by atoms with E-state index in [0.717, 1.165) is 11.6 Å². The summed E-state index contributed by atoms with van der Waals surface area (Å²) in [5.74, 6) is -1.72. The molecule has 0 fully saturated rings. The summed E-state index contributed by atoms with van der Waals surface area (Å²) >= 11 is 0. The van der Waals surface area contributed by atoms with Gasteiger partial charge in [0.25, 0.3) is 0 Å². The van der Waals surface area contributed by atoms with E-state index in [4.69, 9.17) is 14.9 Å². The number of aryl methyl sites for hydroxylation is 1. The van der Waals surface area contributed by atoms with Gasteiger partial charge in [0.2, 0.25) is 0 Å². The van der Waals surface area contributed by atoms with Crippen LogP contribution in [0.4, 0.5) is 0 Å².